The molecule has 3 rings (SSSR count). The van der Waals surface area contributed by atoms with Gasteiger partial charge < -0.3 is 4.74 Å². The standard InChI is InChI=1S/C15H13N3OS/c1-19-13-9-5-6-11(10-13)14-16-17-15(20)18(14)12-7-3-2-4-8-12/h2-10H,1H3,(H,17,20). The van der Waals surface area contributed by atoms with Gasteiger partial charge in [-0.1, -0.05) is 30.3 Å². The number of methoxy groups -OCH3 is 1. The van der Waals surface area contributed by atoms with Gasteiger partial charge in [0.1, 0.15) is 5.75 Å². The van der Waals surface area contributed by atoms with Crippen molar-refractivity contribution in [3.8, 4) is 22.8 Å². The lowest BCUT2D eigenvalue weighted by atomic mass is 10.2. The Bertz CT molecular complexity index is 777. The molecule has 0 aliphatic heterocycles. The van der Waals surface area contributed by atoms with Crippen molar-refractivity contribution < 1.29 is 4.74 Å². The number of H-pyrrole nitrogens is 1. The third kappa shape index (κ3) is 2.23. The van der Waals surface area contributed by atoms with Crippen molar-refractivity contribution in [1.29, 1.82) is 0 Å². The van der Waals surface area contributed by atoms with Crippen LogP contribution >= 0.6 is 12.2 Å². The molecule has 1 N–H and O–H groups in total. The van der Waals surface area contributed by atoms with Crippen LogP contribution in [0.25, 0.3) is 17.1 Å². The van der Waals surface area contributed by atoms with Crippen LogP contribution in [0, 0.1) is 4.77 Å². The van der Waals surface area contributed by atoms with Gasteiger partial charge in [0.15, 0.2) is 10.6 Å². The molecule has 4 nitrogen and oxygen atoms in total. The van der Waals surface area contributed by atoms with E-state index in [2.05, 4.69) is 10.2 Å². The first-order valence-corrected chi connectivity index (χ1v) is 6.57. The van der Waals surface area contributed by atoms with E-state index in [0.29, 0.717) is 4.77 Å². The SMILES string of the molecule is COc1cccc(-c2n[nH]c(=S)n2-c2ccccc2)c1. The van der Waals surface area contributed by atoms with Gasteiger partial charge in [0.2, 0.25) is 0 Å². The monoisotopic (exact) mass is 283 g/mol. The summed E-state index contributed by atoms with van der Waals surface area (Å²) in [5.41, 5.74) is 1.92. The molecule has 0 aliphatic carbocycles. The molecule has 0 amide bonds. The summed E-state index contributed by atoms with van der Waals surface area (Å²) in [4.78, 5) is 0. The normalized spacial score (nSPS) is 10.4. The minimum Gasteiger partial charge on any atom is -0.497 e. The fraction of sp³-hybridized carbons (Fsp3) is 0.0667. The van der Waals surface area contributed by atoms with Gasteiger partial charge in [-0.05, 0) is 36.5 Å². The van der Waals surface area contributed by atoms with Crippen molar-refractivity contribution in [1.82, 2.24) is 14.8 Å². The van der Waals surface area contributed by atoms with Crippen LogP contribution < -0.4 is 4.74 Å². The number of ether oxygens (including phenoxy) is 1. The van der Waals surface area contributed by atoms with E-state index in [1.807, 2.05) is 59.2 Å². The highest BCUT2D eigenvalue weighted by Gasteiger charge is 2.10. The summed E-state index contributed by atoms with van der Waals surface area (Å²) in [6, 6.07) is 17.7. The van der Waals surface area contributed by atoms with Gasteiger partial charge >= 0.3 is 0 Å². The van der Waals surface area contributed by atoms with Gasteiger partial charge in [0, 0.05) is 11.3 Å². The Balaban J connectivity index is 2.18. The smallest absolute Gasteiger partial charge is 0.200 e. The van der Waals surface area contributed by atoms with Crippen LogP contribution in [-0.4, -0.2) is 21.9 Å². The molecule has 0 fully saturated rings. The van der Waals surface area contributed by atoms with Crippen LogP contribution in [-0.2, 0) is 0 Å². The minimum atomic E-state index is 0.564. The first-order chi connectivity index (χ1) is 9.79. The number of nitrogens with one attached hydrogen (secondary N) is 1. The molecule has 0 radical (unpaired) electrons. The molecule has 1 heterocycles. The minimum absolute atomic E-state index is 0.564. The number of nitrogens with zero attached hydrogens (tertiary/aromatic N) is 2. The van der Waals surface area contributed by atoms with Crippen molar-refractivity contribution in [2.24, 2.45) is 0 Å². The molecule has 0 aliphatic rings. The maximum absolute atomic E-state index is 5.33. The van der Waals surface area contributed by atoms with Crippen LogP contribution in [0.2, 0.25) is 0 Å². The summed E-state index contributed by atoms with van der Waals surface area (Å²) in [7, 11) is 1.65. The first kappa shape index (κ1) is 12.6. The maximum Gasteiger partial charge on any atom is 0.200 e. The summed E-state index contributed by atoms with van der Waals surface area (Å²) >= 11 is 5.33. The van der Waals surface area contributed by atoms with E-state index in [9.17, 15) is 0 Å². The highest BCUT2D eigenvalue weighted by atomic mass is 32.1. The predicted octanol–water partition coefficient (Wildman–Crippen LogP) is 3.61. The van der Waals surface area contributed by atoms with Gasteiger partial charge in [-0.2, -0.15) is 5.10 Å². The summed E-state index contributed by atoms with van der Waals surface area (Å²) < 4.78 is 7.73. The lowest BCUT2D eigenvalue weighted by Gasteiger charge is -2.07. The number of para-hydroxylation sites is 1. The van der Waals surface area contributed by atoms with Gasteiger partial charge in [0.05, 0.1) is 7.11 Å². The molecule has 20 heavy (non-hydrogen) atoms. The lowest BCUT2D eigenvalue weighted by Crippen LogP contribution is -1.97. The maximum atomic E-state index is 5.33. The quantitative estimate of drug-likeness (QED) is 0.747. The van der Waals surface area contributed by atoms with E-state index < -0.39 is 0 Å². The molecule has 0 unspecified atom stereocenters. The fourth-order valence-electron chi connectivity index (χ4n) is 2.07. The van der Waals surface area contributed by atoms with E-state index in [-0.39, 0.29) is 0 Å². The summed E-state index contributed by atoms with van der Waals surface area (Å²) in [5, 5.41) is 7.17. The third-order valence-electron chi connectivity index (χ3n) is 3.01. The average Bonchev–Trinajstić information content (AvgIpc) is 2.90. The Labute approximate surface area is 121 Å². The Kier molecular flexibility index (Phi) is 3.35. The average molecular weight is 283 g/mol. The second-order valence-corrected chi connectivity index (χ2v) is 4.64. The topological polar surface area (TPSA) is 42.8 Å². The molecule has 100 valence electrons. The Morgan fingerprint density at radius 3 is 2.65 bits per heavy atom. The molecule has 5 heteroatoms. The molecular formula is C15H13N3OS. The van der Waals surface area contributed by atoms with Crippen LogP contribution in [0.15, 0.2) is 54.6 Å². The molecule has 2 aromatic carbocycles. The van der Waals surface area contributed by atoms with Gasteiger partial charge in [-0.15, -0.1) is 0 Å². The van der Waals surface area contributed by atoms with Crippen molar-refractivity contribution in [2.75, 3.05) is 7.11 Å². The number of hydrogen-bond acceptors (Lipinski definition) is 3. The lowest BCUT2D eigenvalue weighted by molar-refractivity contribution is 0.415. The van der Waals surface area contributed by atoms with Crippen LogP contribution in [0.3, 0.4) is 0 Å². The van der Waals surface area contributed by atoms with Crippen molar-refractivity contribution in [3.63, 3.8) is 0 Å². The van der Waals surface area contributed by atoms with E-state index >= 15 is 0 Å². The number of aromatic amines is 1. The van der Waals surface area contributed by atoms with Gasteiger partial charge in [0.25, 0.3) is 0 Å². The predicted molar refractivity (Wildman–Crippen MR) is 80.7 cm³/mol. The molecular weight excluding hydrogens is 270 g/mol. The molecule has 1 aromatic heterocycles. The van der Waals surface area contributed by atoms with Gasteiger partial charge in [-0.3, -0.25) is 9.67 Å². The van der Waals surface area contributed by atoms with E-state index in [4.69, 9.17) is 17.0 Å². The largest absolute Gasteiger partial charge is 0.497 e. The summed E-state index contributed by atoms with van der Waals surface area (Å²) in [6.07, 6.45) is 0. The van der Waals surface area contributed by atoms with Crippen LogP contribution in [0.5, 0.6) is 5.75 Å². The van der Waals surface area contributed by atoms with Crippen molar-refractivity contribution >= 4 is 12.2 Å². The molecule has 0 atom stereocenters. The highest BCUT2D eigenvalue weighted by Crippen LogP contribution is 2.24. The molecule has 0 bridgehead atoms. The van der Waals surface area contributed by atoms with E-state index in [1.54, 1.807) is 7.11 Å². The molecule has 0 spiro atoms. The van der Waals surface area contributed by atoms with Gasteiger partial charge in [-0.25, -0.2) is 0 Å². The molecule has 0 saturated carbocycles. The fourth-order valence-corrected chi connectivity index (χ4v) is 2.31. The number of hydrogen-bond donors (Lipinski definition) is 1. The number of benzene rings is 2. The Morgan fingerprint density at radius 2 is 1.90 bits per heavy atom. The number of rotatable bonds is 3. The van der Waals surface area contributed by atoms with Crippen LogP contribution in [0.4, 0.5) is 0 Å². The highest BCUT2D eigenvalue weighted by molar-refractivity contribution is 7.71. The molecule has 0 saturated heterocycles. The summed E-state index contributed by atoms with van der Waals surface area (Å²) in [5.74, 6) is 1.55. The summed E-state index contributed by atoms with van der Waals surface area (Å²) in [6.45, 7) is 0. The van der Waals surface area contributed by atoms with Crippen molar-refractivity contribution in [3.05, 3.63) is 59.4 Å². The Hall–Kier alpha value is -2.40. The number of aromatic nitrogens is 3. The zero-order chi connectivity index (χ0) is 13.9. The zero-order valence-corrected chi connectivity index (χ0v) is 11.7. The Morgan fingerprint density at radius 1 is 1.10 bits per heavy atom. The van der Waals surface area contributed by atoms with Crippen molar-refractivity contribution in [2.45, 2.75) is 0 Å². The zero-order valence-electron chi connectivity index (χ0n) is 10.9. The second kappa shape index (κ2) is 5.30. The molecule has 3 aromatic rings. The second-order valence-electron chi connectivity index (χ2n) is 4.26. The first-order valence-electron chi connectivity index (χ1n) is 6.17. The van der Waals surface area contributed by atoms with E-state index in [1.165, 1.54) is 0 Å². The van der Waals surface area contributed by atoms with E-state index in [0.717, 1.165) is 22.8 Å². The third-order valence-corrected chi connectivity index (χ3v) is 3.29. The van der Waals surface area contributed by atoms with Crippen LogP contribution in [0.1, 0.15) is 0 Å².